The molecule has 1 amide bonds. The van der Waals surface area contributed by atoms with Crippen LogP contribution in [0.3, 0.4) is 0 Å². The summed E-state index contributed by atoms with van der Waals surface area (Å²) in [6.45, 7) is 2.08. The third-order valence-corrected chi connectivity index (χ3v) is 5.31. The quantitative estimate of drug-likeness (QED) is 0.759. The molecule has 0 bridgehead atoms. The molecule has 0 atom stereocenters. The van der Waals surface area contributed by atoms with Gasteiger partial charge in [-0.2, -0.15) is 0 Å². The Bertz CT molecular complexity index is 862. The number of amides is 1. The Kier molecular flexibility index (Phi) is 4.28. The van der Waals surface area contributed by atoms with Crippen LogP contribution in [0.5, 0.6) is 0 Å². The van der Waals surface area contributed by atoms with Gasteiger partial charge in [-0.1, -0.05) is 36.4 Å². The molecule has 122 valence electrons. The molecular weight excluding hydrogens is 318 g/mol. The number of hydrogen-bond acceptors (Lipinski definition) is 4. The van der Waals surface area contributed by atoms with Gasteiger partial charge < -0.3 is 5.32 Å². The Morgan fingerprint density at radius 3 is 2.79 bits per heavy atom. The van der Waals surface area contributed by atoms with Crippen molar-refractivity contribution in [2.24, 2.45) is 0 Å². The molecule has 1 aromatic heterocycles. The van der Waals surface area contributed by atoms with Crippen LogP contribution in [0.2, 0.25) is 0 Å². The second-order valence-electron chi connectivity index (χ2n) is 6.08. The van der Waals surface area contributed by atoms with Gasteiger partial charge >= 0.3 is 0 Å². The first-order valence-corrected chi connectivity index (χ1v) is 9.14. The zero-order valence-electron chi connectivity index (χ0n) is 13.3. The Morgan fingerprint density at radius 2 is 1.92 bits per heavy atom. The average molecular weight is 337 g/mol. The van der Waals surface area contributed by atoms with Gasteiger partial charge in [0.2, 0.25) is 0 Å². The van der Waals surface area contributed by atoms with Crippen molar-refractivity contribution in [3.05, 3.63) is 59.1 Å². The van der Waals surface area contributed by atoms with E-state index < -0.39 is 0 Å². The minimum atomic E-state index is -0.0991. The van der Waals surface area contributed by atoms with Crippen LogP contribution in [-0.2, 0) is 0 Å². The second-order valence-corrected chi connectivity index (χ2v) is 6.94. The highest BCUT2D eigenvalue weighted by molar-refractivity contribution is 7.14. The molecule has 5 heteroatoms. The molecule has 1 fully saturated rings. The molecule has 0 aliphatic carbocycles. The molecule has 0 spiro atoms. The first-order valence-electron chi connectivity index (χ1n) is 8.26. The molecule has 2 aromatic carbocycles. The van der Waals surface area contributed by atoms with E-state index in [4.69, 9.17) is 0 Å². The summed E-state index contributed by atoms with van der Waals surface area (Å²) in [6.07, 6.45) is 2.22. The highest BCUT2D eigenvalue weighted by atomic mass is 32.1. The topological polar surface area (TPSA) is 54.0 Å². The van der Waals surface area contributed by atoms with Crippen LogP contribution < -0.4 is 10.6 Å². The second kappa shape index (κ2) is 6.71. The Balaban J connectivity index is 1.54. The molecule has 1 saturated heterocycles. The van der Waals surface area contributed by atoms with E-state index in [1.807, 2.05) is 42.5 Å². The molecule has 1 aliphatic rings. The lowest BCUT2D eigenvalue weighted by Gasteiger charge is -2.20. The minimum Gasteiger partial charge on any atom is -0.317 e. The van der Waals surface area contributed by atoms with Crippen LogP contribution in [-0.4, -0.2) is 24.0 Å². The third-order valence-electron chi connectivity index (χ3n) is 4.53. The lowest BCUT2D eigenvalue weighted by atomic mass is 9.96. The molecule has 0 radical (unpaired) electrons. The van der Waals surface area contributed by atoms with E-state index in [9.17, 15) is 4.79 Å². The molecule has 1 aliphatic heterocycles. The average Bonchev–Trinajstić information content (AvgIpc) is 3.10. The molecular formula is C19H19N3OS. The first kappa shape index (κ1) is 15.3. The Labute approximate surface area is 144 Å². The predicted molar refractivity (Wildman–Crippen MR) is 98.9 cm³/mol. The fourth-order valence-corrected chi connectivity index (χ4v) is 4.02. The number of rotatable bonds is 3. The van der Waals surface area contributed by atoms with Gasteiger partial charge in [-0.05, 0) is 42.8 Å². The van der Waals surface area contributed by atoms with Crippen LogP contribution in [0.15, 0.2) is 47.8 Å². The largest absolute Gasteiger partial charge is 0.317 e. The van der Waals surface area contributed by atoms with Crippen LogP contribution in [0.25, 0.3) is 10.8 Å². The van der Waals surface area contributed by atoms with Gasteiger partial charge in [0, 0.05) is 16.9 Å². The van der Waals surface area contributed by atoms with E-state index in [1.54, 1.807) is 0 Å². The zero-order chi connectivity index (χ0) is 16.4. The molecule has 2 heterocycles. The van der Waals surface area contributed by atoms with E-state index in [2.05, 4.69) is 21.0 Å². The summed E-state index contributed by atoms with van der Waals surface area (Å²) in [5, 5.41) is 11.1. The SMILES string of the molecule is O=C(Nc1nc(C2CCNCC2)cs1)c1cccc2ccccc12. The summed E-state index contributed by atoms with van der Waals surface area (Å²) in [5.74, 6) is 0.406. The first-order chi connectivity index (χ1) is 11.8. The van der Waals surface area contributed by atoms with Gasteiger partial charge in [-0.15, -0.1) is 11.3 Å². The smallest absolute Gasteiger partial charge is 0.258 e. The number of fused-ring (bicyclic) bond motifs is 1. The van der Waals surface area contributed by atoms with Crippen LogP contribution in [0.1, 0.15) is 34.8 Å². The van der Waals surface area contributed by atoms with Crippen molar-refractivity contribution in [2.75, 3.05) is 18.4 Å². The van der Waals surface area contributed by atoms with E-state index in [0.717, 1.165) is 42.4 Å². The maximum Gasteiger partial charge on any atom is 0.258 e. The van der Waals surface area contributed by atoms with E-state index >= 15 is 0 Å². The third kappa shape index (κ3) is 3.05. The summed E-state index contributed by atoms with van der Waals surface area (Å²) >= 11 is 1.51. The van der Waals surface area contributed by atoms with E-state index in [0.29, 0.717) is 16.6 Å². The number of carbonyl (C=O) groups is 1. The van der Waals surface area contributed by atoms with Crippen molar-refractivity contribution in [2.45, 2.75) is 18.8 Å². The molecule has 4 rings (SSSR count). The number of nitrogens with one attached hydrogen (secondary N) is 2. The van der Waals surface area contributed by atoms with Gasteiger partial charge in [0.1, 0.15) is 0 Å². The molecule has 2 N–H and O–H groups in total. The van der Waals surface area contributed by atoms with Crippen molar-refractivity contribution in [3.63, 3.8) is 0 Å². The summed E-state index contributed by atoms with van der Waals surface area (Å²) in [7, 11) is 0. The van der Waals surface area contributed by atoms with Crippen molar-refractivity contribution >= 4 is 33.1 Å². The normalized spacial score (nSPS) is 15.5. The monoisotopic (exact) mass is 337 g/mol. The maximum atomic E-state index is 12.7. The number of carbonyl (C=O) groups excluding carboxylic acids is 1. The Morgan fingerprint density at radius 1 is 1.12 bits per heavy atom. The number of nitrogens with zero attached hydrogens (tertiary/aromatic N) is 1. The molecule has 4 nitrogen and oxygen atoms in total. The summed E-state index contributed by atoms with van der Waals surface area (Å²) in [4.78, 5) is 17.3. The highest BCUT2D eigenvalue weighted by Gasteiger charge is 2.19. The number of piperidine rings is 1. The molecule has 24 heavy (non-hydrogen) atoms. The van der Waals surface area contributed by atoms with Gasteiger partial charge in [0.15, 0.2) is 5.13 Å². The summed E-state index contributed by atoms with van der Waals surface area (Å²) < 4.78 is 0. The number of thiazole rings is 1. The summed E-state index contributed by atoms with van der Waals surface area (Å²) in [6, 6.07) is 13.7. The van der Waals surface area contributed by atoms with Gasteiger partial charge in [-0.25, -0.2) is 4.98 Å². The Hall–Kier alpha value is -2.24. The lowest BCUT2D eigenvalue weighted by Crippen LogP contribution is -2.26. The lowest BCUT2D eigenvalue weighted by molar-refractivity contribution is 0.102. The summed E-state index contributed by atoms with van der Waals surface area (Å²) in [5.41, 5.74) is 1.79. The highest BCUT2D eigenvalue weighted by Crippen LogP contribution is 2.29. The van der Waals surface area contributed by atoms with Crippen LogP contribution in [0.4, 0.5) is 5.13 Å². The van der Waals surface area contributed by atoms with Gasteiger partial charge in [0.25, 0.3) is 5.91 Å². The van der Waals surface area contributed by atoms with Gasteiger partial charge in [0.05, 0.1) is 5.69 Å². The van der Waals surface area contributed by atoms with Crippen molar-refractivity contribution in [1.82, 2.24) is 10.3 Å². The fraction of sp³-hybridized carbons (Fsp3) is 0.263. The number of benzene rings is 2. The maximum absolute atomic E-state index is 12.7. The fourth-order valence-electron chi connectivity index (χ4n) is 3.24. The standard InChI is InChI=1S/C19H19N3OS/c23-18(16-7-3-5-13-4-1-2-6-15(13)16)22-19-21-17(12-24-19)14-8-10-20-11-9-14/h1-7,12,14,20H,8-11H2,(H,21,22,23). The molecule has 0 unspecified atom stereocenters. The number of aromatic nitrogens is 1. The van der Waals surface area contributed by atoms with Crippen LogP contribution in [0, 0.1) is 0 Å². The zero-order valence-corrected chi connectivity index (χ0v) is 14.1. The molecule has 3 aromatic rings. The number of hydrogen-bond donors (Lipinski definition) is 2. The number of anilines is 1. The minimum absolute atomic E-state index is 0.0991. The van der Waals surface area contributed by atoms with E-state index in [1.165, 1.54) is 11.3 Å². The predicted octanol–water partition coefficient (Wildman–Crippen LogP) is 4.02. The van der Waals surface area contributed by atoms with Crippen LogP contribution >= 0.6 is 11.3 Å². The molecule has 0 saturated carbocycles. The van der Waals surface area contributed by atoms with Crippen molar-refractivity contribution in [3.8, 4) is 0 Å². The van der Waals surface area contributed by atoms with E-state index in [-0.39, 0.29) is 5.91 Å². The van der Waals surface area contributed by atoms with Crippen molar-refractivity contribution in [1.29, 1.82) is 0 Å². The van der Waals surface area contributed by atoms with Gasteiger partial charge in [-0.3, -0.25) is 10.1 Å². The van der Waals surface area contributed by atoms with Crippen molar-refractivity contribution < 1.29 is 4.79 Å².